The molecular formula is C27H19N5. The van der Waals surface area contributed by atoms with Crippen molar-refractivity contribution in [1.82, 2.24) is 19.9 Å². The molecule has 5 aromatic rings. The van der Waals surface area contributed by atoms with Gasteiger partial charge < -0.3 is 0 Å². The van der Waals surface area contributed by atoms with Crippen molar-refractivity contribution in [2.45, 2.75) is 12.8 Å². The number of benzene rings is 2. The first kappa shape index (κ1) is 19.5. The van der Waals surface area contributed by atoms with Gasteiger partial charge in [0.15, 0.2) is 11.5 Å². The summed E-state index contributed by atoms with van der Waals surface area (Å²) in [7, 11) is 0. The van der Waals surface area contributed by atoms with Crippen LogP contribution in [0.1, 0.15) is 17.1 Å². The second-order valence-electron chi connectivity index (χ2n) is 7.39. The van der Waals surface area contributed by atoms with E-state index in [1.807, 2.05) is 60.8 Å². The smallest absolute Gasteiger partial charge is 0.162 e. The molecule has 152 valence electrons. The highest BCUT2D eigenvalue weighted by Gasteiger charge is 2.16. The molecule has 2 aromatic carbocycles. The van der Waals surface area contributed by atoms with Crippen LogP contribution in [0.5, 0.6) is 0 Å². The third-order valence-corrected chi connectivity index (χ3v) is 5.38. The molecule has 5 heteroatoms. The first-order valence-electron chi connectivity index (χ1n) is 10.4. The number of hydrogen-bond donors (Lipinski definition) is 0. The highest BCUT2D eigenvalue weighted by molar-refractivity contribution is 5.97. The maximum Gasteiger partial charge on any atom is 0.162 e. The van der Waals surface area contributed by atoms with E-state index in [-0.39, 0.29) is 0 Å². The van der Waals surface area contributed by atoms with Crippen molar-refractivity contribution in [2.75, 3.05) is 0 Å². The molecule has 5 nitrogen and oxygen atoms in total. The van der Waals surface area contributed by atoms with Gasteiger partial charge >= 0.3 is 0 Å². The van der Waals surface area contributed by atoms with Gasteiger partial charge in [0.2, 0.25) is 0 Å². The molecule has 0 aliphatic carbocycles. The lowest BCUT2D eigenvalue weighted by atomic mass is 9.97. The second-order valence-corrected chi connectivity index (χ2v) is 7.39. The summed E-state index contributed by atoms with van der Waals surface area (Å²) >= 11 is 0. The van der Waals surface area contributed by atoms with E-state index in [0.29, 0.717) is 23.5 Å². The van der Waals surface area contributed by atoms with Crippen LogP contribution in [0.15, 0.2) is 91.3 Å². The molecule has 5 rings (SSSR count). The molecule has 0 N–H and O–H groups in total. The third kappa shape index (κ3) is 3.82. The zero-order valence-electron chi connectivity index (χ0n) is 17.3. The highest BCUT2D eigenvalue weighted by atomic mass is 14.9. The van der Waals surface area contributed by atoms with E-state index in [2.05, 4.69) is 34.2 Å². The Morgan fingerprint density at radius 1 is 0.688 bits per heavy atom. The van der Waals surface area contributed by atoms with Gasteiger partial charge in [0.1, 0.15) is 6.07 Å². The van der Waals surface area contributed by atoms with Crippen molar-refractivity contribution >= 4 is 10.9 Å². The molecule has 0 atom stereocenters. The monoisotopic (exact) mass is 413 g/mol. The van der Waals surface area contributed by atoms with Gasteiger partial charge in [-0.2, -0.15) is 5.26 Å². The Hall–Kier alpha value is -4.43. The van der Waals surface area contributed by atoms with Crippen LogP contribution in [0, 0.1) is 11.3 Å². The molecule has 0 saturated heterocycles. The van der Waals surface area contributed by atoms with Crippen molar-refractivity contribution in [1.29, 1.82) is 5.26 Å². The van der Waals surface area contributed by atoms with Crippen LogP contribution in [-0.4, -0.2) is 19.9 Å². The zero-order chi connectivity index (χ0) is 21.8. The van der Waals surface area contributed by atoms with E-state index in [1.165, 1.54) is 0 Å². The average molecular weight is 413 g/mol. The summed E-state index contributed by atoms with van der Waals surface area (Å²) in [5.41, 5.74) is 5.97. The average Bonchev–Trinajstić information content (AvgIpc) is 2.87. The van der Waals surface area contributed by atoms with E-state index in [0.717, 1.165) is 39.8 Å². The number of hydrogen-bond acceptors (Lipinski definition) is 5. The predicted molar refractivity (Wildman–Crippen MR) is 125 cm³/mol. The Kier molecular flexibility index (Phi) is 5.34. The van der Waals surface area contributed by atoms with Gasteiger partial charge in [-0.25, -0.2) is 15.0 Å². The van der Waals surface area contributed by atoms with Crippen LogP contribution in [-0.2, 0) is 12.8 Å². The summed E-state index contributed by atoms with van der Waals surface area (Å²) in [4.78, 5) is 18.4. The van der Waals surface area contributed by atoms with E-state index >= 15 is 0 Å². The number of nitrogens with zero attached hydrogens (tertiary/aromatic N) is 5. The lowest BCUT2D eigenvalue weighted by molar-refractivity contribution is 0.885. The lowest BCUT2D eigenvalue weighted by Gasteiger charge is -2.13. The molecule has 0 spiro atoms. The Morgan fingerprint density at radius 2 is 1.50 bits per heavy atom. The largest absolute Gasteiger partial charge is 0.261 e. The van der Waals surface area contributed by atoms with E-state index in [9.17, 15) is 5.26 Å². The lowest BCUT2D eigenvalue weighted by Crippen LogP contribution is -2.03. The molecule has 0 saturated carbocycles. The van der Waals surface area contributed by atoms with Crippen molar-refractivity contribution < 1.29 is 0 Å². The summed E-state index contributed by atoms with van der Waals surface area (Å²) in [6, 6.07) is 28.1. The second kappa shape index (κ2) is 8.75. The Labute approximate surface area is 186 Å². The van der Waals surface area contributed by atoms with Crippen molar-refractivity contribution in [3.63, 3.8) is 0 Å². The van der Waals surface area contributed by atoms with Gasteiger partial charge in [-0.1, -0.05) is 48.5 Å². The number of pyridine rings is 2. The molecule has 0 bridgehead atoms. The number of aryl methyl sites for hydroxylation is 2. The zero-order valence-corrected chi connectivity index (χ0v) is 17.3. The SMILES string of the molecule is N#Cc1ncccc1-c1nc(CCc2ccccn2)c2c(-c3ccccc3)cccc2n1. The van der Waals surface area contributed by atoms with Gasteiger partial charge in [0.05, 0.1) is 16.8 Å². The standard InChI is InChI=1S/C27H19N5/c28-18-25-22(12-7-17-30-25)27-31-23-13-6-11-21(19-8-2-1-3-9-19)26(23)24(32-27)15-14-20-10-4-5-16-29-20/h1-13,16-17H,14-15H2. The van der Waals surface area contributed by atoms with Gasteiger partial charge in [0.25, 0.3) is 0 Å². The van der Waals surface area contributed by atoms with Crippen LogP contribution >= 0.6 is 0 Å². The fraction of sp³-hybridized carbons (Fsp3) is 0.0741. The molecule has 3 heterocycles. The molecule has 0 unspecified atom stereocenters. The van der Waals surface area contributed by atoms with Crippen LogP contribution in [0.2, 0.25) is 0 Å². The van der Waals surface area contributed by atoms with Gasteiger partial charge in [-0.15, -0.1) is 0 Å². The molecule has 3 aromatic heterocycles. The van der Waals surface area contributed by atoms with Crippen LogP contribution in [0.3, 0.4) is 0 Å². The van der Waals surface area contributed by atoms with Crippen molar-refractivity contribution in [3.05, 3.63) is 108 Å². The van der Waals surface area contributed by atoms with Crippen molar-refractivity contribution in [2.24, 2.45) is 0 Å². The minimum atomic E-state index is 0.321. The Morgan fingerprint density at radius 3 is 2.31 bits per heavy atom. The maximum absolute atomic E-state index is 9.53. The van der Waals surface area contributed by atoms with E-state index < -0.39 is 0 Å². The molecule has 0 fully saturated rings. The molecule has 0 aliphatic rings. The molecule has 0 amide bonds. The minimum absolute atomic E-state index is 0.321. The number of fused-ring (bicyclic) bond motifs is 1. The summed E-state index contributed by atoms with van der Waals surface area (Å²) < 4.78 is 0. The number of nitriles is 1. The summed E-state index contributed by atoms with van der Waals surface area (Å²) in [6.07, 6.45) is 4.88. The van der Waals surface area contributed by atoms with Crippen LogP contribution in [0.4, 0.5) is 0 Å². The number of aromatic nitrogens is 4. The van der Waals surface area contributed by atoms with E-state index in [1.54, 1.807) is 12.3 Å². The first-order valence-corrected chi connectivity index (χ1v) is 10.4. The fourth-order valence-corrected chi connectivity index (χ4v) is 3.89. The quantitative estimate of drug-likeness (QED) is 0.385. The molecule has 0 radical (unpaired) electrons. The normalized spacial score (nSPS) is 10.7. The topological polar surface area (TPSA) is 75.3 Å². The summed E-state index contributed by atoms with van der Waals surface area (Å²) in [6.45, 7) is 0. The molecule has 32 heavy (non-hydrogen) atoms. The van der Waals surface area contributed by atoms with Crippen molar-refractivity contribution in [3.8, 4) is 28.6 Å². The third-order valence-electron chi connectivity index (χ3n) is 5.38. The first-order chi connectivity index (χ1) is 15.8. The van der Waals surface area contributed by atoms with Crippen LogP contribution < -0.4 is 0 Å². The maximum atomic E-state index is 9.53. The predicted octanol–water partition coefficient (Wildman–Crippen LogP) is 5.41. The number of rotatable bonds is 5. The van der Waals surface area contributed by atoms with Gasteiger partial charge in [-0.05, 0) is 54.3 Å². The molecule has 0 aliphatic heterocycles. The summed E-state index contributed by atoms with van der Waals surface area (Å²) in [5, 5.41) is 10.6. The summed E-state index contributed by atoms with van der Waals surface area (Å²) in [5.74, 6) is 0.517. The van der Waals surface area contributed by atoms with E-state index in [4.69, 9.17) is 9.97 Å². The Balaban J connectivity index is 1.71. The van der Waals surface area contributed by atoms with Gasteiger partial charge in [0, 0.05) is 23.5 Å². The fourth-order valence-electron chi connectivity index (χ4n) is 3.89. The Bertz CT molecular complexity index is 1420. The minimum Gasteiger partial charge on any atom is -0.261 e. The van der Waals surface area contributed by atoms with Crippen LogP contribution in [0.25, 0.3) is 33.4 Å². The van der Waals surface area contributed by atoms with Gasteiger partial charge in [-0.3, -0.25) is 4.98 Å². The highest BCUT2D eigenvalue weighted by Crippen LogP contribution is 2.32. The molecular weight excluding hydrogens is 394 g/mol.